The predicted molar refractivity (Wildman–Crippen MR) is 87.8 cm³/mol. The molecule has 1 aliphatic carbocycles. The molecular formula is C17H24N2O2S. The lowest BCUT2D eigenvalue weighted by atomic mass is 10.1. The van der Waals surface area contributed by atoms with Crippen LogP contribution in [0.25, 0.3) is 0 Å². The first-order valence-electron chi connectivity index (χ1n) is 8.26. The van der Waals surface area contributed by atoms with Gasteiger partial charge in [0.2, 0.25) is 11.8 Å². The van der Waals surface area contributed by atoms with Crippen LogP contribution in [-0.2, 0) is 16.0 Å². The van der Waals surface area contributed by atoms with Crippen LogP contribution in [0.2, 0.25) is 0 Å². The van der Waals surface area contributed by atoms with Crippen molar-refractivity contribution in [1.82, 2.24) is 10.2 Å². The predicted octanol–water partition coefficient (Wildman–Crippen LogP) is 2.51. The van der Waals surface area contributed by atoms with Crippen molar-refractivity contribution in [1.29, 1.82) is 0 Å². The summed E-state index contributed by atoms with van der Waals surface area (Å²) in [7, 11) is 0. The molecule has 1 aliphatic heterocycles. The third-order valence-corrected chi connectivity index (χ3v) is 5.82. The highest BCUT2D eigenvalue weighted by Crippen LogP contribution is 2.29. The highest BCUT2D eigenvalue weighted by atomic mass is 32.1. The first kappa shape index (κ1) is 15.5. The molecule has 4 nitrogen and oxygen atoms in total. The monoisotopic (exact) mass is 320 g/mol. The molecule has 1 N–H and O–H groups in total. The number of carbonyl (C=O) groups excluding carboxylic acids is 2. The fraction of sp³-hybridized carbons (Fsp3) is 0.647. The van der Waals surface area contributed by atoms with Gasteiger partial charge in [0.25, 0.3) is 0 Å². The van der Waals surface area contributed by atoms with Gasteiger partial charge in [-0.3, -0.25) is 9.59 Å². The number of rotatable bonds is 5. The lowest BCUT2D eigenvalue weighted by molar-refractivity contribution is -0.130. The van der Waals surface area contributed by atoms with E-state index in [9.17, 15) is 9.59 Å². The molecule has 3 rings (SSSR count). The Bertz CT molecular complexity index is 549. The SMILES string of the molecule is Cc1ccc(CCNC(=O)C2CC(=O)N(C3CCCC3)C2)s1. The average molecular weight is 320 g/mol. The van der Waals surface area contributed by atoms with Gasteiger partial charge in [0.15, 0.2) is 0 Å². The number of aryl methyl sites for hydroxylation is 1. The first-order chi connectivity index (χ1) is 10.6. The molecule has 1 aromatic rings. The van der Waals surface area contributed by atoms with E-state index in [-0.39, 0.29) is 17.7 Å². The average Bonchev–Trinajstić information content (AvgIpc) is 3.19. The first-order valence-corrected chi connectivity index (χ1v) is 9.07. The molecule has 120 valence electrons. The Morgan fingerprint density at radius 3 is 2.82 bits per heavy atom. The van der Waals surface area contributed by atoms with Gasteiger partial charge in [-0.2, -0.15) is 0 Å². The number of nitrogens with zero attached hydrogens (tertiary/aromatic N) is 1. The van der Waals surface area contributed by atoms with Crippen molar-refractivity contribution in [2.45, 2.75) is 51.5 Å². The summed E-state index contributed by atoms with van der Waals surface area (Å²) in [6.07, 6.45) is 5.91. The maximum absolute atomic E-state index is 12.3. The third-order valence-electron chi connectivity index (χ3n) is 4.76. The van der Waals surface area contributed by atoms with Gasteiger partial charge in [-0.25, -0.2) is 0 Å². The molecule has 2 aliphatic rings. The number of amides is 2. The van der Waals surface area contributed by atoms with E-state index in [1.165, 1.54) is 22.6 Å². The Hall–Kier alpha value is -1.36. The lowest BCUT2D eigenvalue weighted by Crippen LogP contribution is -2.37. The van der Waals surface area contributed by atoms with Crippen LogP contribution in [-0.4, -0.2) is 35.8 Å². The van der Waals surface area contributed by atoms with Crippen molar-refractivity contribution in [2.75, 3.05) is 13.1 Å². The van der Waals surface area contributed by atoms with Crippen molar-refractivity contribution in [3.05, 3.63) is 21.9 Å². The van der Waals surface area contributed by atoms with Gasteiger partial charge >= 0.3 is 0 Å². The zero-order valence-electron chi connectivity index (χ0n) is 13.1. The molecule has 1 saturated heterocycles. The normalized spacial score (nSPS) is 22.5. The molecule has 22 heavy (non-hydrogen) atoms. The van der Waals surface area contributed by atoms with Gasteiger partial charge in [0.05, 0.1) is 5.92 Å². The van der Waals surface area contributed by atoms with Gasteiger partial charge < -0.3 is 10.2 Å². The Morgan fingerprint density at radius 1 is 1.36 bits per heavy atom. The van der Waals surface area contributed by atoms with E-state index in [0.717, 1.165) is 19.3 Å². The van der Waals surface area contributed by atoms with Crippen LogP contribution in [0.15, 0.2) is 12.1 Å². The van der Waals surface area contributed by atoms with E-state index < -0.39 is 0 Å². The van der Waals surface area contributed by atoms with Gasteiger partial charge in [-0.05, 0) is 38.3 Å². The molecule has 0 radical (unpaired) electrons. The molecule has 1 atom stereocenters. The van der Waals surface area contributed by atoms with Crippen molar-refractivity contribution < 1.29 is 9.59 Å². The molecule has 1 aromatic heterocycles. The van der Waals surface area contributed by atoms with Crippen LogP contribution >= 0.6 is 11.3 Å². The number of likely N-dealkylation sites (tertiary alicyclic amines) is 1. The summed E-state index contributed by atoms with van der Waals surface area (Å²) < 4.78 is 0. The summed E-state index contributed by atoms with van der Waals surface area (Å²) in [5.41, 5.74) is 0. The fourth-order valence-electron chi connectivity index (χ4n) is 3.55. The summed E-state index contributed by atoms with van der Waals surface area (Å²) in [6, 6.07) is 4.61. The summed E-state index contributed by atoms with van der Waals surface area (Å²) in [5.74, 6) is 0.0567. The molecule has 0 spiro atoms. The third kappa shape index (κ3) is 3.51. The minimum atomic E-state index is -0.154. The van der Waals surface area contributed by atoms with Crippen molar-refractivity contribution in [3.63, 3.8) is 0 Å². The van der Waals surface area contributed by atoms with Crippen LogP contribution in [0.3, 0.4) is 0 Å². The number of carbonyl (C=O) groups is 2. The van der Waals surface area contributed by atoms with Gasteiger partial charge in [0.1, 0.15) is 0 Å². The lowest BCUT2D eigenvalue weighted by Gasteiger charge is -2.23. The summed E-state index contributed by atoms with van der Waals surface area (Å²) in [6.45, 7) is 3.37. The Labute approximate surface area is 135 Å². The fourth-order valence-corrected chi connectivity index (χ4v) is 4.44. The summed E-state index contributed by atoms with van der Waals surface area (Å²) in [4.78, 5) is 28.9. The van der Waals surface area contributed by atoms with Gasteiger partial charge in [-0.1, -0.05) is 12.8 Å². The zero-order valence-corrected chi connectivity index (χ0v) is 14.0. The summed E-state index contributed by atoms with van der Waals surface area (Å²) >= 11 is 1.78. The second-order valence-electron chi connectivity index (χ2n) is 6.44. The smallest absolute Gasteiger partial charge is 0.225 e. The summed E-state index contributed by atoms with van der Waals surface area (Å²) in [5, 5.41) is 3.00. The molecule has 2 amide bonds. The molecular weight excluding hydrogens is 296 g/mol. The standard InChI is InChI=1S/C17H24N2O2S/c1-12-6-7-15(22-12)8-9-18-17(21)13-10-16(20)19(11-13)14-4-2-3-5-14/h6-7,13-14H,2-5,8-11H2,1H3,(H,18,21). The van der Waals surface area contributed by atoms with E-state index in [2.05, 4.69) is 24.4 Å². The van der Waals surface area contributed by atoms with Crippen LogP contribution in [0.5, 0.6) is 0 Å². The number of thiophene rings is 1. The van der Waals surface area contributed by atoms with E-state index in [0.29, 0.717) is 25.6 Å². The van der Waals surface area contributed by atoms with Crippen molar-refractivity contribution in [3.8, 4) is 0 Å². The minimum absolute atomic E-state index is 0.0436. The van der Waals surface area contributed by atoms with E-state index in [1.54, 1.807) is 11.3 Å². The molecule has 1 unspecified atom stereocenters. The van der Waals surface area contributed by atoms with Crippen LogP contribution in [0, 0.1) is 12.8 Å². The second kappa shape index (κ2) is 6.82. The van der Waals surface area contributed by atoms with Crippen LogP contribution in [0.4, 0.5) is 0 Å². The largest absolute Gasteiger partial charge is 0.355 e. The van der Waals surface area contributed by atoms with Gasteiger partial charge in [-0.15, -0.1) is 11.3 Å². The molecule has 5 heteroatoms. The van der Waals surface area contributed by atoms with Gasteiger partial charge in [0, 0.05) is 35.3 Å². The zero-order chi connectivity index (χ0) is 15.5. The van der Waals surface area contributed by atoms with E-state index >= 15 is 0 Å². The number of hydrogen-bond acceptors (Lipinski definition) is 3. The second-order valence-corrected chi connectivity index (χ2v) is 7.81. The molecule has 2 fully saturated rings. The Balaban J connectivity index is 1.45. The van der Waals surface area contributed by atoms with Crippen LogP contribution < -0.4 is 5.32 Å². The molecule has 0 bridgehead atoms. The maximum Gasteiger partial charge on any atom is 0.225 e. The molecule has 2 heterocycles. The van der Waals surface area contributed by atoms with E-state index in [1.807, 2.05) is 4.90 Å². The number of nitrogens with one attached hydrogen (secondary N) is 1. The van der Waals surface area contributed by atoms with Crippen LogP contribution in [0.1, 0.15) is 41.9 Å². The minimum Gasteiger partial charge on any atom is -0.355 e. The Kier molecular flexibility index (Phi) is 4.81. The number of hydrogen-bond donors (Lipinski definition) is 1. The highest BCUT2D eigenvalue weighted by molar-refractivity contribution is 7.11. The van der Waals surface area contributed by atoms with Crippen molar-refractivity contribution >= 4 is 23.2 Å². The molecule has 1 saturated carbocycles. The van der Waals surface area contributed by atoms with E-state index in [4.69, 9.17) is 0 Å². The quantitative estimate of drug-likeness (QED) is 0.906. The van der Waals surface area contributed by atoms with Crippen molar-refractivity contribution in [2.24, 2.45) is 5.92 Å². The highest BCUT2D eigenvalue weighted by Gasteiger charge is 2.38. The Morgan fingerprint density at radius 2 is 2.14 bits per heavy atom. The maximum atomic E-state index is 12.3. The topological polar surface area (TPSA) is 49.4 Å². The molecule has 0 aromatic carbocycles.